The van der Waals surface area contributed by atoms with E-state index in [1.165, 1.54) is 0 Å². The second-order valence-electron chi connectivity index (χ2n) is 11.2. The van der Waals surface area contributed by atoms with Crippen LogP contribution in [0.25, 0.3) is 6.08 Å². The Morgan fingerprint density at radius 1 is 1.02 bits per heavy atom. The van der Waals surface area contributed by atoms with Crippen LogP contribution >= 0.6 is 23.2 Å². The van der Waals surface area contributed by atoms with Crippen molar-refractivity contribution in [1.82, 2.24) is 5.32 Å². The highest BCUT2D eigenvalue weighted by Crippen LogP contribution is 2.45. The number of carbonyl (C=O) groups excluding carboxylic acids is 1. The number of hydrogen-bond donors (Lipinski definition) is 2. The lowest BCUT2D eigenvalue weighted by atomic mass is 9.84. The summed E-state index contributed by atoms with van der Waals surface area (Å²) in [4.78, 5) is 21.5. The molecule has 7 nitrogen and oxygen atoms in total. The third-order valence-corrected chi connectivity index (χ3v) is 8.28. The Hall–Kier alpha value is -4.30. The molecule has 0 unspecified atom stereocenters. The van der Waals surface area contributed by atoms with Crippen molar-refractivity contribution in [3.63, 3.8) is 0 Å². The summed E-state index contributed by atoms with van der Waals surface area (Å²) >= 11 is 13.0. The van der Waals surface area contributed by atoms with Gasteiger partial charge < -0.3 is 24.8 Å². The van der Waals surface area contributed by atoms with Gasteiger partial charge in [-0.15, -0.1) is 0 Å². The van der Waals surface area contributed by atoms with Gasteiger partial charge in [-0.05, 0) is 59.7 Å². The number of halogens is 2. The number of aliphatic hydroxyl groups is 1. The monoisotopic (exact) mass is 657 g/mol. The normalized spacial score (nSPS) is 17.4. The van der Waals surface area contributed by atoms with E-state index in [1.807, 2.05) is 110 Å². The molecule has 238 valence electrons. The van der Waals surface area contributed by atoms with Crippen LogP contribution < -0.4 is 15.0 Å². The molecule has 46 heavy (non-hydrogen) atoms. The molecule has 0 spiro atoms. The first kappa shape index (κ1) is 33.1. The lowest BCUT2D eigenvalue weighted by Crippen LogP contribution is -2.47. The van der Waals surface area contributed by atoms with Crippen LogP contribution in [0.15, 0.2) is 108 Å². The minimum atomic E-state index is -1.39. The maximum Gasteiger partial charge on any atom is 0.252 e. The van der Waals surface area contributed by atoms with Crippen molar-refractivity contribution in [2.45, 2.75) is 31.0 Å². The molecule has 0 saturated carbocycles. The zero-order valence-corrected chi connectivity index (χ0v) is 27.3. The van der Waals surface area contributed by atoms with Crippen molar-refractivity contribution in [2.24, 2.45) is 4.99 Å². The van der Waals surface area contributed by atoms with Gasteiger partial charge in [0.05, 0.1) is 6.61 Å². The summed E-state index contributed by atoms with van der Waals surface area (Å²) in [5, 5.41) is 13.1. The second-order valence-corrected chi connectivity index (χ2v) is 12.1. The Labute approximate surface area is 280 Å². The van der Waals surface area contributed by atoms with Crippen LogP contribution in [0.1, 0.15) is 41.2 Å². The predicted octanol–water partition coefficient (Wildman–Crippen LogP) is 7.50. The molecule has 1 aliphatic rings. The summed E-state index contributed by atoms with van der Waals surface area (Å²) in [5.41, 5.74) is 2.92. The number of nitrogens with one attached hydrogen (secondary N) is 1. The zero-order chi connectivity index (χ0) is 32.5. The first-order chi connectivity index (χ1) is 22.3. The largest absolute Gasteiger partial charge is 0.494 e. The number of hydrogen-bond acceptors (Lipinski definition) is 6. The van der Waals surface area contributed by atoms with Crippen molar-refractivity contribution in [2.75, 3.05) is 32.2 Å². The molecule has 2 atom stereocenters. The third kappa shape index (κ3) is 7.91. The Morgan fingerprint density at radius 3 is 2.43 bits per heavy atom. The molecule has 1 aliphatic heterocycles. The van der Waals surface area contributed by atoms with E-state index >= 15 is 0 Å². The molecule has 0 radical (unpaired) electrons. The van der Waals surface area contributed by atoms with Crippen molar-refractivity contribution >= 4 is 46.8 Å². The maximum atomic E-state index is 14.4. The van der Waals surface area contributed by atoms with Gasteiger partial charge in [0.1, 0.15) is 5.75 Å². The molecule has 4 aromatic carbocycles. The lowest BCUT2D eigenvalue weighted by Gasteiger charge is -2.30. The van der Waals surface area contributed by atoms with E-state index in [0.29, 0.717) is 52.4 Å². The van der Waals surface area contributed by atoms with Crippen molar-refractivity contribution < 1.29 is 19.4 Å². The smallest absolute Gasteiger partial charge is 0.252 e. The average molecular weight is 659 g/mol. The van der Waals surface area contributed by atoms with Crippen molar-refractivity contribution in [3.05, 3.63) is 135 Å². The number of rotatable bonds is 13. The van der Waals surface area contributed by atoms with E-state index in [9.17, 15) is 4.79 Å². The number of benzene rings is 4. The number of aliphatic imine (C=N–C) groups is 1. The van der Waals surface area contributed by atoms with Gasteiger partial charge in [-0.2, -0.15) is 0 Å². The van der Waals surface area contributed by atoms with E-state index in [1.54, 1.807) is 18.2 Å². The minimum Gasteiger partial charge on any atom is -0.494 e. The molecular formula is C37H37Cl2N3O4. The average Bonchev–Trinajstić information content (AvgIpc) is 3.45. The zero-order valence-electron chi connectivity index (χ0n) is 25.8. The maximum absolute atomic E-state index is 14.4. The van der Waals surface area contributed by atoms with Crippen LogP contribution in [-0.2, 0) is 16.1 Å². The quantitative estimate of drug-likeness (QED) is 0.146. The number of carbonyl (C=O) groups is 1. The number of aliphatic hydroxyl groups excluding tert-OH is 1. The van der Waals surface area contributed by atoms with Gasteiger partial charge in [0.15, 0.2) is 11.6 Å². The van der Waals surface area contributed by atoms with Gasteiger partial charge in [-0.25, -0.2) is 4.99 Å². The van der Waals surface area contributed by atoms with E-state index in [2.05, 4.69) is 5.32 Å². The Balaban J connectivity index is 1.53. The number of anilines is 1. The molecule has 9 heteroatoms. The van der Waals surface area contributed by atoms with Crippen molar-refractivity contribution in [1.29, 1.82) is 0 Å². The molecule has 2 N–H and O–H groups in total. The summed E-state index contributed by atoms with van der Waals surface area (Å²) < 4.78 is 12.3. The fourth-order valence-electron chi connectivity index (χ4n) is 5.19. The van der Waals surface area contributed by atoms with E-state index in [4.69, 9.17) is 42.8 Å². The Morgan fingerprint density at radius 2 is 1.76 bits per heavy atom. The second kappa shape index (κ2) is 15.3. The highest BCUT2D eigenvalue weighted by atomic mass is 35.5. The van der Waals surface area contributed by atoms with Gasteiger partial charge in [-0.3, -0.25) is 4.79 Å². The van der Waals surface area contributed by atoms with Gasteiger partial charge in [0.2, 0.25) is 5.90 Å². The highest BCUT2D eigenvalue weighted by Gasteiger charge is 2.53. The lowest BCUT2D eigenvalue weighted by molar-refractivity contribution is -0.129. The van der Waals surface area contributed by atoms with Gasteiger partial charge in [0, 0.05) is 66.9 Å². The topological polar surface area (TPSA) is 83.4 Å². The van der Waals surface area contributed by atoms with Crippen LogP contribution in [-0.4, -0.2) is 49.8 Å². The minimum absolute atomic E-state index is 0.0572. The van der Waals surface area contributed by atoms with Crippen LogP contribution in [0.5, 0.6) is 5.75 Å². The molecule has 4 aromatic rings. The van der Waals surface area contributed by atoms with Crippen LogP contribution in [0.3, 0.4) is 0 Å². The van der Waals surface area contributed by atoms with Gasteiger partial charge in [0.25, 0.3) is 5.91 Å². The SMILES string of the molecule is CN(C)c1ccc(CNC(=O)[C@]2(C/C=C/c3ccccc3)N=C(c3ccc(OCCCO)cc3)O[C@@H]2c2ccc(Cl)cc2Cl)cc1. The van der Waals surface area contributed by atoms with E-state index in [-0.39, 0.29) is 18.9 Å². The first-order valence-electron chi connectivity index (χ1n) is 15.1. The number of nitrogens with zero attached hydrogens (tertiary/aromatic N) is 2. The molecule has 1 amide bonds. The fourth-order valence-corrected chi connectivity index (χ4v) is 5.70. The van der Waals surface area contributed by atoms with Crippen LogP contribution in [0, 0.1) is 0 Å². The van der Waals surface area contributed by atoms with Crippen molar-refractivity contribution in [3.8, 4) is 5.75 Å². The number of ether oxygens (including phenoxy) is 2. The summed E-state index contributed by atoms with van der Waals surface area (Å²) in [5.74, 6) is 0.677. The molecule has 0 bridgehead atoms. The molecule has 0 saturated heterocycles. The third-order valence-electron chi connectivity index (χ3n) is 7.72. The summed E-state index contributed by atoms with van der Waals surface area (Å²) in [6.07, 6.45) is 3.86. The summed E-state index contributed by atoms with van der Waals surface area (Å²) in [6, 6.07) is 30.4. The first-order valence-corrected chi connectivity index (χ1v) is 15.9. The Kier molecular flexibility index (Phi) is 11.0. The number of amides is 1. The highest BCUT2D eigenvalue weighted by molar-refractivity contribution is 6.35. The van der Waals surface area contributed by atoms with Crippen LogP contribution in [0.4, 0.5) is 5.69 Å². The molecule has 0 fully saturated rings. The fraction of sp³-hybridized carbons (Fsp3) is 0.243. The van der Waals surface area contributed by atoms with Crippen LogP contribution in [0.2, 0.25) is 10.0 Å². The summed E-state index contributed by atoms with van der Waals surface area (Å²) in [6.45, 7) is 0.767. The summed E-state index contributed by atoms with van der Waals surface area (Å²) in [7, 11) is 3.97. The molecule has 5 rings (SSSR count). The molecule has 1 heterocycles. The van der Waals surface area contributed by atoms with E-state index < -0.39 is 11.6 Å². The molecule has 0 aromatic heterocycles. The standard InChI is InChI=1S/C37H37Cl2N3O4/c1-42(2)30-16-11-27(12-17-30)25-40-36(44)37(21-6-10-26-8-4-3-5-9-26)34(32-20-15-29(38)24-33(32)39)46-35(41-37)28-13-18-31(19-14-28)45-23-7-22-43/h3-6,8-20,24,34,43H,7,21-23,25H2,1-2H3,(H,40,44)/b10-6+/t34-,37-/m1/s1. The molecular weight excluding hydrogens is 621 g/mol. The Bertz CT molecular complexity index is 1680. The van der Waals surface area contributed by atoms with E-state index in [0.717, 1.165) is 16.8 Å². The van der Waals surface area contributed by atoms with Gasteiger partial charge >= 0.3 is 0 Å². The molecule has 0 aliphatic carbocycles. The predicted molar refractivity (Wildman–Crippen MR) is 186 cm³/mol. The van der Waals surface area contributed by atoms with Gasteiger partial charge in [-0.1, -0.05) is 83.9 Å².